The molecular formula is C15H12ClFO3. The number of hydrogen-bond donors (Lipinski definition) is 0. The maximum Gasteiger partial charge on any atom is 0.171 e. The molecular weight excluding hydrogens is 283 g/mol. The van der Waals surface area contributed by atoms with E-state index in [0.29, 0.717) is 34.5 Å². The van der Waals surface area contributed by atoms with Crippen LogP contribution in [0.5, 0.6) is 11.5 Å². The standard InChI is InChI=1S/C15H12ClFO3/c1-19-14-7-10(5-11(8-18)15(14)20-2)9-3-4-13(17)12(16)6-9/h3-8H,1-2H3. The summed E-state index contributed by atoms with van der Waals surface area (Å²) in [6.45, 7) is 0. The summed E-state index contributed by atoms with van der Waals surface area (Å²) in [6.07, 6.45) is 0.677. The topological polar surface area (TPSA) is 35.5 Å². The van der Waals surface area contributed by atoms with Gasteiger partial charge in [0.25, 0.3) is 0 Å². The number of ether oxygens (including phenoxy) is 2. The molecule has 104 valence electrons. The fourth-order valence-electron chi connectivity index (χ4n) is 1.92. The Hall–Kier alpha value is -2.07. The molecule has 0 heterocycles. The molecule has 0 fully saturated rings. The summed E-state index contributed by atoms with van der Waals surface area (Å²) in [7, 11) is 2.94. The van der Waals surface area contributed by atoms with Crippen LogP contribution in [-0.2, 0) is 0 Å². The van der Waals surface area contributed by atoms with E-state index in [-0.39, 0.29) is 5.02 Å². The molecule has 0 saturated heterocycles. The molecule has 2 rings (SSSR count). The number of carbonyl (C=O) groups excluding carboxylic acids is 1. The minimum atomic E-state index is -0.494. The molecule has 0 atom stereocenters. The minimum absolute atomic E-state index is 0.0185. The van der Waals surface area contributed by atoms with E-state index in [2.05, 4.69) is 0 Å². The predicted octanol–water partition coefficient (Wildman–Crippen LogP) is 3.98. The molecule has 2 aromatic carbocycles. The second-order valence-electron chi connectivity index (χ2n) is 4.05. The van der Waals surface area contributed by atoms with Crippen molar-refractivity contribution < 1.29 is 18.7 Å². The van der Waals surface area contributed by atoms with Crippen LogP contribution in [0.15, 0.2) is 30.3 Å². The van der Waals surface area contributed by atoms with Gasteiger partial charge < -0.3 is 9.47 Å². The Morgan fingerprint density at radius 3 is 2.40 bits per heavy atom. The summed E-state index contributed by atoms with van der Waals surface area (Å²) in [5, 5.41) is 0.0185. The number of benzene rings is 2. The second-order valence-corrected chi connectivity index (χ2v) is 4.45. The molecule has 0 radical (unpaired) electrons. The molecule has 0 aliphatic rings. The molecule has 0 aliphatic heterocycles. The van der Waals surface area contributed by atoms with Crippen LogP contribution in [0.1, 0.15) is 10.4 Å². The van der Waals surface area contributed by atoms with Gasteiger partial charge >= 0.3 is 0 Å². The third kappa shape index (κ3) is 2.60. The third-order valence-electron chi connectivity index (χ3n) is 2.89. The molecule has 0 amide bonds. The molecule has 5 heteroatoms. The van der Waals surface area contributed by atoms with Crippen LogP contribution in [-0.4, -0.2) is 20.5 Å². The lowest BCUT2D eigenvalue weighted by molar-refractivity contribution is 0.112. The smallest absolute Gasteiger partial charge is 0.171 e. The lowest BCUT2D eigenvalue weighted by atomic mass is 10.0. The van der Waals surface area contributed by atoms with Crippen molar-refractivity contribution in [3.8, 4) is 22.6 Å². The fourth-order valence-corrected chi connectivity index (χ4v) is 2.10. The Morgan fingerprint density at radius 2 is 1.85 bits per heavy atom. The first-order valence-electron chi connectivity index (χ1n) is 5.77. The van der Waals surface area contributed by atoms with Crippen molar-refractivity contribution in [2.24, 2.45) is 0 Å². The Kier molecular flexibility index (Phi) is 4.25. The van der Waals surface area contributed by atoms with Crippen molar-refractivity contribution in [3.63, 3.8) is 0 Å². The van der Waals surface area contributed by atoms with Gasteiger partial charge in [-0.15, -0.1) is 0 Å². The SMILES string of the molecule is COc1cc(-c2ccc(F)c(Cl)c2)cc(C=O)c1OC. The number of hydrogen-bond acceptors (Lipinski definition) is 3. The number of aldehydes is 1. The van der Waals surface area contributed by atoms with Crippen molar-refractivity contribution in [2.45, 2.75) is 0 Å². The normalized spacial score (nSPS) is 10.2. The summed E-state index contributed by atoms with van der Waals surface area (Å²) < 4.78 is 23.5. The van der Waals surface area contributed by atoms with E-state index in [0.717, 1.165) is 0 Å². The molecule has 0 spiro atoms. The van der Waals surface area contributed by atoms with Gasteiger partial charge in [0, 0.05) is 0 Å². The molecule has 0 unspecified atom stereocenters. The molecule has 0 aliphatic carbocycles. The van der Waals surface area contributed by atoms with E-state index in [1.165, 1.54) is 26.4 Å². The Morgan fingerprint density at radius 1 is 1.10 bits per heavy atom. The van der Waals surface area contributed by atoms with E-state index >= 15 is 0 Å². The second kappa shape index (κ2) is 5.92. The molecule has 0 bridgehead atoms. The Balaban J connectivity index is 2.62. The van der Waals surface area contributed by atoms with Crippen molar-refractivity contribution in [1.82, 2.24) is 0 Å². The number of methoxy groups -OCH3 is 2. The van der Waals surface area contributed by atoms with E-state index in [1.54, 1.807) is 18.2 Å². The number of carbonyl (C=O) groups is 1. The van der Waals surface area contributed by atoms with E-state index in [4.69, 9.17) is 21.1 Å². The van der Waals surface area contributed by atoms with Crippen LogP contribution in [0.25, 0.3) is 11.1 Å². The van der Waals surface area contributed by atoms with Crippen LogP contribution in [0.2, 0.25) is 5.02 Å². The van der Waals surface area contributed by atoms with Crippen molar-refractivity contribution in [2.75, 3.05) is 14.2 Å². The molecule has 2 aromatic rings. The summed E-state index contributed by atoms with van der Waals surface area (Å²) in [5.41, 5.74) is 1.72. The molecule has 0 saturated carbocycles. The third-order valence-corrected chi connectivity index (χ3v) is 3.18. The van der Waals surface area contributed by atoms with Gasteiger partial charge in [0.05, 0.1) is 24.8 Å². The van der Waals surface area contributed by atoms with Gasteiger partial charge in [-0.3, -0.25) is 4.79 Å². The van der Waals surface area contributed by atoms with Crippen molar-refractivity contribution >= 4 is 17.9 Å². The summed E-state index contributed by atoms with van der Waals surface area (Å²) in [5.74, 6) is 0.290. The first-order valence-corrected chi connectivity index (χ1v) is 6.15. The van der Waals surface area contributed by atoms with Gasteiger partial charge in [0.2, 0.25) is 0 Å². The largest absolute Gasteiger partial charge is 0.493 e. The monoisotopic (exact) mass is 294 g/mol. The fraction of sp³-hybridized carbons (Fsp3) is 0.133. The Labute approximate surface area is 120 Å². The zero-order chi connectivity index (χ0) is 14.7. The molecule has 3 nitrogen and oxygen atoms in total. The maximum absolute atomic E-state index is 13.2. The van der Waals surface area contributed by atoms with E-state index < -0.39 is 5.82 Å². The van der Waals surface area contributed by atoms with Gasteiger partial charge in [-0.2, -0.15) is 0 Å². The number of halogens is 2. The van der Waals surface area contributed by atoms with Crippen molar-refractivity contribution in [1.29, 1.82) is 0 Å². The quantitative estimate of drug-likeness (QED) is 0.800. The first kappa shape index (κ1) is 14.3. The highest BCUT2D eigenvalue weighted by Gasteiger charge is 2.13. The van der Waals surface area contributed by atoms with Crippen LogP contribution in [0.4, 0.5) is 4.39 Å². The minimum Gasteiger partial charge on any atom is -0.493 e. The Bertz CT molecular complexity index is 656. The molecule has 0 N–H and O–H groups in total. The van der Waals surface area contributed by atoms with Gasteiger partial charge in [-0.05, 0) is 35.4 Å². The predicted molar refractivity (Wildman–Crippen MR) is 75.3 cm³/mol. The highest BCUT2D eigenvalue weighted by atomic mass is 35.5. The molecule has 0 aromatic heterocycles. The van der Waals surface area contributed by atoms with Gasteiger partial charge in [0.15, 0.2) is 17.8 Å². The average Bonchev–Trinajstić information content (AvgIpc) is 2.48. The maximum atomic E-state index is 13.2. The lowest BCUT2D eigenvalue weighted by Gasteiger charge is -2.12. The highest BCUT2D eigenvalue weighted by molar-refractivity contribution is 6.31. The summed E-state index contributed by atoms with van der Waals surface area (Å²) in [6, 6.07) is 7.69. The number of rotatable bonds is 4. The summed E-state index contributed by atoms with van der Waals surface area (Å²) in [4.78, 5) is 11.1. The van der Waals surface area contributed by atoms with Crippen LogP contribution in [0, 0.1) is 5.82 Å². The zero-order valence-electron chi connectivity index (χ0n) is 10.9. The summed E-state index contributed by atoms with van der Waals surface area (Å²) >= 11 is 5.77. The first-order chi connectivity index (χ1) is 9.60. The average molecular weight is 295 g/mol. The zero-order valence-corrected chi connectivity index (χ0v) is 11.7. The lowest BCUT2D eigenvalue weighted by Crippen LogP contribution is -1.96. The van der Waals surface area contributed by atoms with Crippen LogP contribution in [0.3, 0.4) is 0 Å². The van der Waals surface area contributed by atoms with Gasteiger partial charge in [-0.1, -0.05) is 17.7 Å². The van der Waals surface area contributed by atoms with Gasteiger partial charge in [0.1, 0.15) is 5.82 Å². The molecule has 20 heavy (non-hydrogen) atoms. The van der Waals surface area contributed by atoms with Gasteiger partial charge in [-0.25, -0.2) is 4.39 Å². The van der Waals surface area contributed by atoms with Crippen LogP contribution < -0.4 is 9.47 Å². The van der Waals surface area contributed by atoms with E-state index in [9.17, 15) is 9.18 Å². The highest BCUT2D eigenvalue weighted by Crippen LogP contribution is 2.36. The van der Waals surface area contributed by atoms with E-state index in [1.807, 2.05) is 0 Å². The van der Waals surface area contributed by atoms with Crippen LogP contribution >= 0.6 is 11.6 Å². The van der Waals surface area contributed by atoms with Crippen molar-refractivity contribution in [3.05, 3.63) is 46.7 Å².